The Hall–Kier alpha value is -0.330. The van der Waals surface area contributed by atoms with Crippen molar-refractivity contribution >= 4 is 6.29 Å². The van der Waals surface area contributed by atoms with Crippen molar-refractivity contribution in [2.75, 3.05) is 0 Å². The molecule has 26 heavy (non-hydrogen) atoms. The molecular weight excluding hydrogens is 316 g/mol. The maximum absolute atomic E-state index is 10.9. The Morgan fingerprint density at radius 2 is 1.69 bits per heavy atom. The Kier molecular flexibility index (Phi) is 5.06. The monoisotopic (exact) mass is 358 g/mol. The fourth-order valence-electron chi connectivity index (χ4n) is 8.98. The summed E-state index contributed by atoms with van der Waals surface area (Å²) in [6, 6.07) is 0. The number of carbonyl (C=O) groups is 1. The summed E-state index contributed by atoms with van der Waals surface area (Å²) in [5.74, 6) is 6.57. The maximum Gasteiger partial charge on any atom is 0.120 e. The van der Waals surface area contributed by atoms with Crippen molar-refractivity contribution in [1.29, 1.82) is 0 Å². The average molecular weight is 359 g/mol. The van der Waals surface area contributed by atoms with Crippen LogP contribution in [0.5, 0.6) is 0 Å². The van der Waals surface area contributed by atoms with E-state index in [0.717, 1.165) is 60.6 Å². The van der Waals surface area contributed by atoms with Crippen LogP contribution in [-0.2, 0) is 4.79 Å². The van der Waals surface area contributed by atoms with E-state index in [1.807, 2.05) is 0 Å². The normalized spacial score (nSPS) is 51.8. The second kappa shape index (κ2) is 6.93. The van der Waals surface area contributed by atoms with E-state index in [2.05, 4.69) is 27.7 Å². The van der Waals surface area contributed by atoms with Gasteiger partial charge in [0.15, 0.2) is 0 Å². The van der Waals surface area contributed by atoms with Crippen LogP contribution in [-0.4, -0.2) is 6.29 Å². The molecule has 0 bridgehead atoms. The molecule has 0 amide bonds. The fourth-order valence-corrected chi connectivity index (χ4v) is 8.98. The molecule has 148 valence electrons. The largest absolute Gasteiger partial charge is 0.303 e. The molecule has 9 unspecified atom stereocenters. The predicted molar refractivity (Wildman–Crippen MR) is 109 cm³/mol. The zero-order valence-corrected chi connectivity index (χ0v) is 17.8. The lowest BCUT2D eigenvalue weighted by molar-refractivity contribution is -0.120. The van der Waals surface area contributed by atoms with Gasteiger partial charge < -0.3 is 4.79 Å². The molecule has 4 fully saturated rings. The smallest absolute Gasteiger partial charge is 0.120 e. The van der Waals surface area contributed by atoms with Gasteiger partial charge in [0.05, 0.1) is 0 Å². The predicted octanol–water partition coefficient (Wildman–Crippen LogP) is 6.90. The fraction of sp³-hybridized carbons (Fsp3) is 0.960. The van der Waals surface area contributed by atoms with Crippen LogP contribution in [0.25, 0.3) is 0 Å². The van der Waals surface area contributed by atoms with Gasteiger partial charge in [0.1, 0.15) is 6.29 Å². The van der Waals surface area contributed by atoms with Crippen molar-refractivity contribution in [3.63, 3.8) is 0 Å². The highest BCUT2D eigenvalue weighted by Gasteiger charge is 2.60. The third-order valence-corrected chi connectivity index (χ3v) is 10.4. The average Bonchev–Trinajstić information content (AvgIpc) is 2.97. The molecule has 1 heteroatoms. The van der Waals surface area contributed by atoms with Crippen LogP contribution >= 0.6 is 0 Å². The van der Waals surface area contributed by atoms with Gasteiger partial charge in [-0.25, -0.2) is 0 Å². The Morgan fingerprint density at radius 1 is 0.962 bits per heavy atom. The minimum atomic E-state index is 0.564. The molecule has 0 aromatic heterocycles. The van der Waals surface area contributed by atoms with Crippen molar-refractivity contribution in [1.82, 2.24) is 0 Å². The first-order valence-electron chi connectivity index (χ1n) is 11.8. The van der Waals surface area contributed by atoms with Gasteiger partial charge in [-0.05, 0) is 110 Å². The summed E-state index contributed by atoms with van der Waals surface area (Å²) in [6.07, 6.45) is 16.4. The topological polar surface area (TPSA) is 17.1 Å². The summed E-state index contributed by atoms with van der Waals surface area (Å²) in [5.41, 5.74) is 1.21. The number of rotatable bonds is 4. The van der Waals surface area contributed by atoms with E-state index in [1.54, 1.807) is 0 Å². The molecule has 0 aromatic carbocycles. The number of carbonyl (C=O) groups excluding carboxylic acids is 1. The Morgan fingerprint density at radius 3 is 2.46 bits per heavy atom. The van der Waals surface area contributed by atoms with Crippen LogP contribution in [0.2, 0.25) is 0 Å². The van der Waals surface area contributed by atoms with Gasteiger partial charge in [-0.1, -0.05) is 34.1 Å². The molecule has 9 atom stereocenters. The minimum absolute atomic E-state index is 0.564. The lowest BCUT2D eigenvalue weighted by Gasteiger charge is -2.61. The molecule has 0 saturated heterocycles. The number of fused-ring (bicyclic) bond motifs is 5. The summed E-state index contributed by atoms with van der Waals surface area (Å²) < 4.78 is 0. The van der Waals surface area contributed by atoms with Crippen molar-refractivity contribution < 1.29 is 4.79 Å². The molecule has 0 N–H and O–H groups in total. The van der Waals surface area contributed by atoms with E-state index in [1.165, 1.54) is 57.8 Å². The van der Waals surface area contributed by atoms with E-state index in [-0.39, 0.29) is 0 Å². The first kappa shape index (κ1) is 19.0. The van der Waals surface area contributed by atoms with Crippen molar-refractivity contribution in [2.45, 2.75) is 98.3 Å². The van der Waals surface area contributed by atoms with Crippen molar-refractivity contribution in [3.05, 3.63) is 0 Å². The Labute approximate surface area is 162 Å². The first-order valence-corrected chi connectivity index (χ1v) is 11.8. The van der Waals surface area contributed by atoms with E-state index >= 15 is 0 Å². The first-order chi connectivity index (χ1) is 12.4. The molecule has 1 nitrogen and oxygen atoms in total. The van der Waals surface area contributed by atoms with Gasteiger partial charge in [-0.2, -0.15) is 0 Å². The van der Waals surface area contributed by atoms with Crippen LogP contribution in [0.4, 0.5) is 0 Å². The van der Waals surface area contributed by atoms with E-state index in [4.69, 9.17) is 0 Å². The summed E-state index contributed by atoms with van der Waals surface area (Å²) >= 11 is 0. The highest BCUT2D eigenvalue weighted by Crippen LogP contribution is 2.68. The lowest BCUT2D eigenvalue weighted by atomic mass is 9.44. The van der Waals surface area contributed by atoms with Gasteiger partial charge in [-0.3, -0.25) is 0 Å². The number of aldehydes is 1. The van der Waals surface area contributed by atoms with E-state index in [9.17, 15) is 4.79 Å². The summed E-state index contributed by atoms with van der Waals surface area (Å²) in [6.45, 7) is 10.3. The van der Waals surface area contributed by atoms with Crippen LogP contribution in [0.1, 0.15) is 98.3 Å². The Balaban J connectivity index is 1.53. The molecule has 4 aliphatic carbocycles. The summed E-state index contributed by atoms with van der Waals surface area (Å²) in [7, 11) is 0. The summed E-state index contributed by atoms with van der Waals surface area (Å²) in [5, 5.41) is 0. The lowest BCUT2D eigenvalue weighted by Crippen LogP contribution is -2.53. The zero-order chi connectivity index (χ0) is 18.5. The molecule has 0 heterocycles. The maximum atomic E-state index is 10.9. The highest BCUT2D eigenvalue weighted by atomic mass is 16.1. The standard InChI is InChI=1S/C25H42O/c1-17-11-13-24(3)19(16-17)7-8-20-22-10-9-21(18(2)6-5-15-26)25(22,4)14-12-23(20)24/h15,17-23H,5-14,16H2,1-4H3. The third kappa shape index (κ3) is 2.82. The number of hydrogen-bond donors (Lipinski definition) is 0. The van der Waals surface area contributed by atoms with Crippen LogP contribution < -0.4 is 0 Å². The number of hydrogen-bond acceptors (Lipinski definition) is 1. The van der Waals surface area contributed by atoms with Crippen molar-refractivity contribution in [2.24, 2.45) is 52.3 Å². The molecule has 0 spiro atoms. The second-order valence-electron chi connectivity index (χ2n) is 11.5. The van der Waals surface area contributed by atoms with Gasteiger partial charge in [0, 0.05) is 6.42 Å². The van der Waals surface area contributed by atoms with Gasteiger partial charge in [0.2, 0.25) is 0 Å². The van der Waals surface area contributed by atoms with Gasteiger partial charge >= 0.3 is 0 Å². The van der Waals surface area contributed by atoms with E-state index < -0.39 is 0 Å². The van der Waals surface area contributed by atoms with Crippen molar-refractivity contribution in [3.8, 4) is 0 Å². The zero-order valence-electron chi connectivity index (χ0n) is 17.8. The quantitative estimate of drug-likeness (QED) is 0.500. The third-order valence-electron chi connectivity index (χ3n) is 10.4. The van der Waals surface area contributed by atoms with Crippen LogP contribution in [0.3, 0.4) is 0 Å². The van der Waals surface area contributed by atoms with Gasteiger partial charge in [0.25, 0.3) is 0 Å². The van der Waals surface area contributed by atoms with Crippen LogP contribution in [0.15, 0.2) is 0 Å². The molecular formula is C25H42O. The van der Waals surface area contributed by atoms with Gasteiger partial charge in [-0.15, -0.1) is 0 Å². The van der Waals surface area contributed by atoms with Crippen LogP contribution in [0, 0.1) is 52.3 Å². The second-order valence-corrected chi connectivity index (χ2v) is 11.5. The molecule has 0 aromatic rings. The molecule has 4 rings (SSSR count). The molecule has 0 radical (unpaired) electrons. The van der Waals surface area contributed by atoms with E-state index in [0.29, 0.717) is 10.8 Å². The highest BCUT2D eigenvalue weighted by molar-refractivity contribution is 5.49. The Bertz CT molecular complexity index is 526. The molecule has 4 aliphatic rings. The minimum Gasteiger partial charge on any atom is -0.303 e. The molecule has 4 saturated carbocycles. The molecule has 0 aliphatic heterocycles. The SMILES string of the molecule is CC1CCC2(C)C(CCC3C2CCC2(C)C(C(C)CCC=O)CCC32)C1. The summed E-state index contributed by atoms with van der Waals surface area (Å²) in [4.78, 5) is 10.9.